The third-order valence-corrected chi connectivity index (χ3v) is 3.63. The number of esters is 1. The molecule has 2 heterocycles. The van der Waals surface area contributed by atoms with Crippen LogP contribution in [0.1, 0.15) is 32.4 Å². The highest BCUT2D eigenvalue weighted by Crippen LogP contribution is 2.18. The highest BCUT2D eigenvalue weighted by molar-refractivity contribution is 5.81. The van der Waals surface area contributed by atoms with Gasteiger partial charge in [-0.2, -0.15) is 5.10 Å². The molecule has 1 atom stereocenters. The second-order valence-electron chi connectivity index (χ2n) is 5.29. The van der Waals surface area contributed by atoms with E-state index in [2.05, 4.69) is 25.4 Å². The van der Waals surface area contributed by atoms with E-state index in [0.717, 1.165) is 37.6 Å². The van der Waals surface area contributed by atoms with Crippen molar-refractivity contribution < 1.29 is 9.53 Å². The van der Waals surface area contributed by atoms with E-state index in [9.17, 15) is 4.79 Å². The van der Waals surface area contributed by atoms with Gasteiger partial charge in [0.15, 0.2) is 5.96 Å². The van der Waals surface area contributed by atoms with Crippen LogP contribution in [-0.4, -0.2) is 53.3 Å². The molecule has 1 aliphatic rings. The summed E-state index contributed by atoms with van der Waals surface area (Å²) in [7, 11) is 0. The Bertz CT molecular complexity index is 486. The van der Waals surface area contributed by atoms with Crippen LogP contribution in [0.5, 0.6) is 0 Å². The number of ether oxygens (including phenoxy) is 1. The van der Waals surface area contributed by atoms with Crippen LogP contribution in [0.25, 0.3) is 0 Å². The lowest BCUT2D eigenvalue weighted by Gasteiger charge is -2.34. The van der Waals surface area contributed by atoms with Crippen molar-refractivity contribution >= 4 is 11.9 Å². The summed E-state index contributed by atoms with van der Waals surface area (Å²) < 4.78 is 5.15. The highest BCUT2D eigenvalue weighted by Gasteiger charge is 2.28. The number of guanidine groups is 1. The van der Waals surface area contributed by atoms with Crippen LogP contribution in [0.3, 0.4) is 0 Å². The van der Waals surface area contributed by atoms with Crippen LogP contribution in [0.4, 0.5) is 0 Å². The number of piperidine rings is 1. The number of likely N-dealkylation sites (tertiary alicyclic amines) is 1. The van der Waals surface area contributed by atoms with Crippen LogP contribution >= 0.6 is 0 Å². The van der Waals surface area contributed by atoms with E-state index in [1.807, 2.05) is 19.9 Å². The lowest BCUT2D eigenvalue weighted by molar-refractivity contribution is -0.149. The van der Waals surface area contributed by atoms with E-state index >= 15 is 0 Å². The summed E-state index contributed by atoms with van der Waals surface area (Å²) in [6, 6.07) is 1.91. The third-order valence-electron chi connectivity index (χ3n) is 3.63. The average Bonchev–Trinajstić information content (AvgIpc) is 3.05. The summed E-state index contributed by atoms with van der Waals surface area (Å²) >= 11 is 0. The van der Waals surface area contributed by atoms with Gasteiger partial charge in [0.25, 0.3) is 0 Å². The monoisotopic (exact) mass is 307 g/mol. The van der Waals surface area contributed by atoms with Gasteiger partial charge in [-0.25, -0.2) is 4.99 Å². The van der Waals surface area contributed by atoms with Gasteiger partial charge in [0.2, 0.25) is 0 Å². The Kier molecular flexibility index (Phi) is 6.24. The molecule has 1 fully saturated rings. The van der Waals surface area contributed by atoms with Crippen molar-refractivity contribution in [2.75, 3.05) is 26.2 Å². The molecule has 1 saturated heterocycles. The van der Waals surface area contributed by atoms with E-state index in [1.54, 1.807) is 6.20 Å². The number of aromatic nitrogens is 2. The lowest BCUT2D eigenvalue weighted by atomic mass is 9.98. The van der Waals surface area contributed by atoms with Crippen LogP contribution < -0.4 is 5.32 Å². The fourth-order valence-corrected chi connectivity index (χ4v) is 2.58. The second kappa shape index (κ2) is 8.41. The smallest absolute Gasteiger partial charge is 0.310 e. The van der Waals surface area contributed by atoms with Crippen LogP contribution in [0, 0.1) is 5.92 Å². The maximum absolute atomic E-state index is 11.9. The average molecular weight is 307 g/mol. The number of aromatic amines is 1. The molecule has 0 spiro atoms. The van der Waals surface area contributed by atoms with Crippen molar-refractivity contribution in [3.05, 3.63) is 18.0 Å². The molecule has 2 rings (SSSR count). The summed E-state index contributed by atoms with van der Waals surface area (Å²) in [5.74, 6) is 0.674. The third kappa shape index (κ3) is 4.47. The molecule has 0 saturated carbocycles. The predicted molar refractivity (Wildman–Crippen MR) is 84.3 cm³/mol. The number of aliphatic imine (C=N–C) groups is 1. The molecule has 1 aromatic heterocycles. The van der Waals surface area contributed by atoms with Gasteiger partial charge >= 0.3 is 5.97 Å². The van der Waals surface area contributed by atoms with E-state index in [-0.39, 0.29) is 11.9 Å². The normalized spacial score (nSPS) is 19.1. The first-order valence-corrected chi connectivity index (χ1v) is 7.92. The number of hydrogen-bond donors (Lipinski definition) is 2. The lowest BCUT2D eigenvalue weighted by Crippen LogP contribution is -2.48. The summed E-state index contributed by atoms with van der Waals surface area (Å²) in [5.41, 5.74) is 0.967. The summed E-state index contributed by atoms with van der Waals surface area (Å²) in [5, 5.41) is 10.1. The number of carbonyl (C=O) groups excluding carboxylic acids is 1. The SMILES string of the molecule is CCNC(=NCc1ccn[nH]1)N1CCCC(C(=O)OCC)C1. The maximum atomic E-state index is 11.9. The van der Waals surface area contributed by atoms with Crippen molar-refractivity contribution in [2.24, 2.45) is 10.9 Å². The number of hydrogen-bond acceptors (Lipinski definition) is 4. The fourth-order valence-electron chi connectivity index (χ4n) is 2.58. The van der Waals surface area contributed by atoms with Gasteiger partial charge in [0.05, 0.1) is 24.8 Å². The first kappa shape index (κ1) is 16.3. The standard InChI is InChI=1S/C15H25N5O2/c1-3-16-15(17-10-13-7-8-18-19-13)20-9-5-6-12(11-20)14(21)22-4-2/h7-8,12H,3-6,9-11H2,1-2H3,(H,16,17)(H,18,19). The highest BCUT2D eigenvalue weighted by atomic mass is 16.5. The summed E-state index contributed by atoms with van der Waals surface area (Å²) in [4.78, 5) is 18.7. The van der Waals surface area contributed by atoms with Crippen LogP contribution in [0.2, 0.25) is 0 Å². The fraction of sp³-hybridized carbons (Fsp3) is 0.667. The molecule has 7 nitrogen and oxygen atoms in total. The van der Waals surface area contributed by atoms with Gasteiger partial charge in [-0.05, 0) is 32.8 Å². The van der Waals surface area contributed by atoms with Crippen LogP contribution in [0.15, 0.2) is 17.3 Å². The van der Waals surface area contributed by atoms with E-state index < -0.39 is 0 Å². The zero-order chi connectivity index (χ0) is 15.8. The molecule has 7 heteroatoms. The number of carbonyl (C=O) groups is 1. The van der Waals surface area contributed by atoms with Crippen molar-refractivity contribution in [3.63, 3.8) is 0 Å². The molecular formula is C15H25N5O2. The zero-order valence-electron chi connectivity index (χ0n) is 13.3. The molecule has 122 valence electrons. The van der Waals surface area contributed by atoms with Crippen molar-refractivity contribution in [2.45, 2.75) is 33.2 Å². The molecule has 1 aliphatic heterocycles. The Hall–Kier alpha value is -2.05. The van der Waals surface area contributed by atoms with E-state index in [1.165, 1.54) is 0 Å². The number of H-pyrrole nitrogens is 1. The Labute approximate surface area is 131 Å². The maximum Gasteiger partial charge on any atom is 0.310 e. The molecule has 22 heavy (non-hydrogen) atoms. The van der Waals surface area contributed by atoms with Crippen molar-refractivity contribution in [1.82, 2.24) is 20.4 Å². The minimum absolute atomic E-state index is 0.0651. The van der Waals surface area contributed by atoms with Crippen molar-refractivity contribution in [1.29, 1.82) is 0 Å². The Balaban J connectivity index is 2.00. The largest absolute Gasteiger partial charge is 0.466 e. The molecule has 0 amide bonds. The zero-order valence-corrected chi connectivity index (χ0v) is 13.3. The summed E-state index contributed by atoms with van der Waals surface area (Å²) in [6.45, 7) is 7.22. The molecule has 2 N–H and O–H groups in total. The quantitative estimate of drug-likeness (QED) is 0.484. The molecule has 1 unspecified atom stereocenters. The van der Waals surface area contributed by atoms with Crippen LogP contribution in [-0.2, 0) is 16.1 Å². The number of nitrogens with one attached hydrogen (secondary N) is 2. The number of rotatable bonds is 5. The first-order chi connectivity index (χ1) is 10.7. The predicted octanol–water partition coefficient (Wildman–Crippen LogP) is 1.15. The molecule has 0 aliphatic carbocycles. The Morgan fingerprint density at radius 2 is 2.45 bits per heavy atom. The number of nitrogens with zero attached hydrogens (tertiary/aromatic N) is 3. The van der Waals surface area contributed by atoms with Crippen molar-refractivity contribution in [3.8, 4) is 0 Å². The Morgan fingerprint density at radius 1 is 1.59 bits per heavy atom. The topological polar surface area (TPSA) is 82.6 Å². The van der Waals surface area contributed by atoms with Gasteiger partial charge in [0, 0.05) is 25.8 Å². The van der Waals surface area contributed by atoms with Gasteiger partial charge in [-0.1, -0.05) is 0 Å². The molecule has 0 aromatic carbocycles. The summed E-state index contributed by atoms with van der Waals surface area (Å²) in [6.07, 6.45) is 3.57. The minimum Gasteiger partial charge on any atom is -0.466 e. The molecule has 0 bridgehead atoms. The molecular weight excluding hydrogens is 282 g/mol. The van der Waals surface area contributed by atoms with Gasteiger partial charge in [-0.3, -0.25) is 9.89 Å². The molecule has 0 radical (unpaired) electrons. The van der Waals surface area contributed by atoms with E-state index in [0.29, 0.717) is 19.7 Å². The van der Waals surface area contributed by atoms with E-state index in [4.69, 9.17) is 4.74 Å². The Morgan fingerprint density at radius 3 is 3.14 bits per heavy atom. The van der Waals surface area contributed by atoms with Gasteiger partial charge in [0.1, 0.15) is 0 Å². The van der Waals surface area contributed by atoms with Gasteiger partial charge < -0.3 is 15.0 Å². The second-order valence-corrected chi connectivity index (χ2v) is 5.29. The van der Waals surface area contributed by atoms with Gasteiger partial charge in [-0.15, -0.1) is 0 Å². The molecule has 1 aromatic rings. The first-order valence-electron chi connectivity index (χ1n) is 7.92. The minimum atomic E-state index is -0.100.